The van der Waals surface area contributed by atoms with Crippen molar-refractivity contribution >= 4 is 35.3 Å². The molecule has 0 aliphatic heterocycles. The molecular weight excluding hydrogens is 446 g/mol. The second kappa shape index (κ2) is 11.1. The number of carbonyl (C=O) groups excluding carboxylic acids is 2. The number of thioether (sulfide) groups is 1. The molecule has 3 rings (SSSR count). The van der Waals surface area contributed by atoms with Crippen LogP contribution in [-0.2, 0) is 11.3 Å². The number of amides is 3. The van der Waals surface area contributed by atoms with Gasteiger partial charge >= 0.3 is 6.03 Å². The van der Waals surface area contributed by atoms with Gasteiger partial charge in [-0.05, 0) is 42.7 Å². The zero-order chi connectivity index (χ0) is 23.1. The van der Waals surface area contributed by atoms with Gasteiger partial charge < -0.3 is 16.0 Å². The smallest absolute Gasteiger partial charge is 0.312 e. The lowest BCUT2D eigenvalue weighted by Gasteiger charge is -2.24. The lowest BCUT2D eigenvalue weighted by Crippen LogP contribution is -2.49. The van der Waals surface area contributed by atoms with Crippen molar-refractivity contribution in [1.82, 2.24) is 20.0 Å². The molecule has 7 nitrogen and oxygen atoms in total. The van der Waals surface area contributed by atoms with E-state index in [1.54, 1.807) is 28.4 Å². The minimum Gasteiger partial charge on any atom is -0.352 e. The maximum Gasteiger partial charge on any atom is 0.312 e. The fraction of sp³-hybridized carbons (Fsp3) is 0.261. The van der Waals surface area contributed by atoms with Crippen LogP contribution in [0.2, 0.25) is 5.02 Å². The first-order valence-electron chi connectivity index (χ1n) is 10.1. The summed E-state index contributed by atoms with van der Waals surface area (Å²) in [7, 11) is 1.71. The molecule has 1 heterocycles. The topological polar surface area (TPSA) is 93.2 Å². The fourth-order valence-electron chi connectivity index (χ4n) is 3.35. The highest BCUT2D eigenvalue weighted by Crippen LogP contribution is 2.26. The number of primary amides is 1. The summed E-state index contributed by atoms with van der Waals surface area (Å²) in [6, 6.07) is 15.8. The van der Waals surface area contributed by atoms with E-state index in [1.807, 2.05) is 67.0 Å². The first kappa shape index (κ1) is 23.7. The number of benzene rings is 2. The molecule has 1 atom stereocenters. The van der Waals surface area contributed by atoms with Crippen molar-refractivity contribution in [1.29, 1.82) is 0 Å². The number of hydrogen-bond acceptors (Lipinski definition) is 4. The third-order valence-corrected chi connectivity index (χ3v) is 5.83. The molecule has 0 saturated carbocycles. The van der Waals surface area contributed by atoms with E-state index in [-0.39, 0.29) is 5.91 Å². The molecule has 2 aromatic carbocycles. The molecule has 3 amide bonds. The predicted octanol–water partition coefficient (Wildman–Crippen LogP) is 3.94. The van der Waals surface area contributed by atoms with Crippen LogP contribution in [0.5, 0.6) is 0 Å². The molecule has 9 heteroatoms. The third kappa shape index (κ3) is 6.05. The number of nitrogens with two attached hydrogens (primary N) is 1. The van der Waals surface area contributed by atoms with Gasteiger partial charge in [0.2, 0.25) is 5.91 Å². The number of nitrogens with one attached hydrogen (secondary N) is 1. The first-order valence-corrected chi connectivity index (χ1v) is 11.9. The molecule has 32 heavy (non-hydrogen) atoms. The largest absolute Gasteiger partial charge is 0.352 e. The van der Waals surface area contributed by atoms with Crippen LogP contribution >= 0.6 is 23.4 Å². The Balaban J connectivity index is 1.91. The van der Waals surface area contributed by atoms with Gasteiger partial charge in [0, 0.05) is 35.9 Å². The van der Waals surface area contributed by atoms with Gasteiger partial charge in [0.25, 0.3) is 0 Å². The summed E-state index contributed by atoms with van der Waals surface area (Å²) < 4.78 is 1.80. The molecule has 168 valence electrons. The summed E-state index contributed by atoms with van der Waals surface area (Å²) in [5, 5.41) is 7.98. The number of para-hydroxylation sites is 1. The van der Waals surface area contributed by atoms with Crippen molar-refractivity contribution in [2.24, 2.45) is 5.73 Å². The number of carbonyl (C=O) groups is 2. The maximum atomic E-state index is 13.1. The van der Waals surface area contributed by atoms with Crippen LogP contribution in [0.25, 0.3) is 16.9 Å². The van der Waals surface area contributed by atoms with E-state index in [4.69, 9.17) is 22.4 Å². The highest BCUT2D eigenvalue weighted by Gasteiger charge is 2.24. The monoisotopic (exact) mass is 471 g/mol. The van der Waals surface area contributed by atoms with Crippen molar-refractivity contribution in [3.8, 4) is 16.9 Å². The van der Waals surface area contributed by atoms with Crippen LogP contribution in [0.3, 0.4) is 0 Å². The van der Waals surface area contributed by atoms with E-state index in [1.165, 1.54) is 0 Å². The SMILES string of the molecule is CSCC[C@@H](NC(N)=O)C(=O)N(C)Cc1cn(-c2ccccc2)nc1-c1ccc(Cl)cc1. The Morgan fingerprint density at radius 1 is 1.19 bits per heavy atom. The lowest BCUT2D eigenvalue weighted by atomic mass is 10.1. The fourth-order valence-corrected chi connectivity index (χ4v) is 3.95. The Bertz CT molecular complexity index is 1060. The first-order chi connectivity index (χ1) is 15.4. The number of aromatic nitrogens is 2. The second-order valence-electron chi connectivity index (χ2n) is 7.33. The molecule has 1 aromatic heterocycles. The van der Waals surface area contributed by atoms with Crippen LogP contribution in [0.4, 0.5) is 4.79 Å². The molecule has 0 spiro atoms. The van der Waals surface area contributed by atoms with Crippen LogP contribution in [-0.4, -0.2) is 51.7 Å². The van der Waals surface area contributed by atoms with E-state index in [0.717, 1.165) is 28.3 Å². The van der Waals surface area contributed by atoms with Gasteiger partial charge in [0.15, 0.2) is 0 Å². The predicted molar refractivity (Wildman–Crippen MR) is 130 cm³/mol. The molecule has 3 aromatic rings. The van der Waals surface area contributed by atoms with Crippen molar-refractivity contribution in [3.63, 3.8) is 0 Å². The van der Waals surface area contributed by atoms with Crippen LogP contribution in [0, 0.1) is 0 Å². The Labute approximate surface area is 196 Å². The number of urea groups is 1. The highest BCUT2D eigenvalue weighted by atomic mass is 35.5. The average Bonchev–Trinajstić information content (AvgIpc) is 3.20. The molecule has 3 N–H and O–H groups in total. The van der Waals surface area contributed by atoms with Crippen LogP contribution in [0.1, 0.15) is 12.0 Å². The van der Waals surface area contributed by atoms with E-state index >= 15 is 0 Å². The van der Waals surface area contributed by atoms with Crippen molar-refractivity contribution in [3.05, 3.63) is 71.4 Å². The van der Waals surface area contributed by atoms with Crippen molar-refractivity contribution in [2.45, 2.75) is 19.0 Å². The standard InChI is InChI=1S/C23H26ClN5O2S/c1-28(22(30)20(12-13-32-2)26-23(25)31)14-17-15-29(19-6-4-3-5-7-19)27-21(17)16-8-10-18(24)11-9-16/h3-11,15,20H,12-14H2,1-2H3,(H3,25,26,31)/t20-/m1/s1. The minimum atomic E-state index is -0.711. The summed E-state index contributed by atoms with van der Waals surface area (Å²) in [5.74, 6) is 0.527. The third-order valence-electron chi connectivity index (χ3n) is 4.94. The molecule has 0 aliphatic carbocycles. The lowest BCUT2D eigenvalue weighted by molar-refractivity contribution is -0.132. The molecule has 0 fully saturated rings. The molecule has 0 unspecified atom stereocenters. The number of hydrogen-bond donors (Lipinski definition) is 2. The zero-order valence-corrected chi connectivity index (χ0v) is 19.6. The summed E-state index contributed by atoms with van der Waals surface area (Å²) in [4.78, 5) is 26.0. The van der Waals surface area contributed by atoms with Gasteiger partial charge in [-0.3, -0.25) is 4.79 Å². The number of likely N-dealkylation sites (N-methyl/N-ethyl adjacent to an activating group) is 1. The van der Waals surface area contributed by atoms with E-state index in [0.29, 0.717) is 18.0 Å². The summed E-state index contributed by atoms with van der Waals surface area (Å²) >= 11 is 7.66. The molecule has 0 saturated heterocycles. The van der Waals surface area contributed by atoms with Gasteiger partial charge in [-0.1, -0.05) is 41.9 Å². The number of rotatable bonds is 9. The molecule has 0 bridgehead atoms. The summed E-state index contributed by atoms with van der Waals surface area (Å²) in [5.41, 5.74) is 8.72. The Morgan fingerprint density at radius 2 is 1.88 bits per heavy atom. The molecule has 0 radical (unpaired) electrons. The highest BCUT2D eigenvalue weighted by molar-refractivity contribution is 7.98. The quantitative estimate of drug-likeness (QED) is 0.494. The number of nitrogens with zero attached hydrogens (tertiary/aromatic N) is 3. The van der Waals surface area contributed by atoms with Gasteiger partial charge in [-0.2, -0.15) is 16.9 Å². The zero-order valence-electron chi connectivity index (χ0n) is 18.0. The number of halogens is 1. The van der Waals surface area contributed by atoms with E-state index < -0.39 is 12.1 Å². The van der Waals surface area contributed by atoms with Gasteiger partial charge in [-0.15, -0.1) is 0 Å². The Hall–Kier alpha value is -2.97. The Morgan fingerprint density at radius 3 is 2.50 bits per heavy atom. The summed E-state index contributed by atoms with van der Waals surface area (Å²) in [6.45, 7) is 0.319. The van der Waals surface area contributed by atoms with Crippen molar-refractivity contribution < 1.29 is 9.59 Å². The van der Waals surface area contributed by atoms with E-state index in [2.05, 4.69) is 5.32 Å². The van der Waals surface area contributed by atoms with E-state index in [9.17, 15) is 9.59 Å². The van der Waals surface area contributed by atoms with Crippen LogP contribution in [0.15, 0.2) is 60.8 Å². The van der Waals surface area contributed by atoms with Gasteiger partial charge in [0.05, 0.1) is 11.4 Å². The average molecular weight is 472 g/mol. The molecular formula is C23H26ClN5O2S. The van der Waals surface area contributed by atoms with Gasteiger partial charge in [-0.25, -0.2) is 9.48 Å². The minimum absolute atomic E-state index is 0.202. The van der Waals surface area contributed by atoms with Crippen molar-refractivity contribution in [2.75, 3.05) is 19.1 Å². The van der Waals surface area contributed by atoms with Crippen LogP contribution < -0.4 is 11.1 Å². The Kier molecular flexibility index (Phi) is 8.19. The molecule has 0 aliphatic rings. The normalized spacial score (nSPS) is 11.7. The maximum absolute atomic E-state index is 13.1. The second-order valence-corrected chi connectivity index (χ2v) is 8.75. The summed E-state index contributed by atoms with van der Waals surface area (Å²) in [6.07, 6.45) is 4.37. The van der Waals surface area contributed by atoms with Gasteiger partial charge in [0.1, 0.15) is 6.04 Å².